The summed E-state index contributed by atoms with van der Waals surface area (Å²) in [5.74, 6) is 7.14. The number of hydrogen-bond acceptors (Lipinski definition) is 3. The molecule has 0 atom stereocenters. The van der Waals surface area contributed by atoms with Crippen molar-refractivity contribution in [2.45, 2.75) is 43.5 Å². The molecule has 46 heavy (non-hydrogen) atoms. The van der Waals surface area contributed by atoms with Gasteiger partial charge in [0.2, 0.25) is 0 Å². The summed E-state index contributed by atoms with van der Waals surface area (Å²) in [5, 5.41) is 2.23. The van der Waals surface area contributed by atoms with E-state index in [1.807, 2.05) is 54.9 Å². The molecule has 0 aliphatic carbocycles. The van der Waals surface area contributed by atoms with Gasteiger partial charge in [-0.05, 0) is 39.9 Å². The SMILES string of the molecule is CC(C)(C)c1ccnc(-c2[c-]ccc3c2oc2cccc(-c4ccccc4)c23)c1.[CH3][Ge]([CH3])([CH3])[c]1ccc(-c2[c-]cccc2)nc1.[Ir]. The third-order valence-electron chi connectivity index (χ3n) is 8.04. The average molecular weight is 840 g/mol. The van der Waals surface area contributed by atoms with Crippen molar-refractivity contribution in [3.63, 3.8) is 0 Å². The summed E-state index contributed by atoms with van der Waals surface area (Å²) in [6.07, 6.45) is 3.91. The molecular weight excluding hydrogens is 801 g/mol. The maximum absolute atomic E-state index is 6.35. The minimum Gasteiger partial charge on any atom is 0 e. The Morgan fingerprint density at radius 3 is 2.17 bits per heavy atom. The van der Waals surface area contributed by atoms with Crippen LogP contribution in [0.1, 0.15) is 26.3 Å². The van der Waals surface area contributed by atoms with E-state index in [1.165, 1.54) is 21.1 Å². The zero-order valence-electron chi connectivity index (χ0n) is 27.2. The fraction of sp³-hybridized carbons (Fsp3) is 0.171. The molecule has 4 aromatic carbocycles. The van der Waals surface area contributed by atoms with E-state index in [1.54, 1.807) is 0 Å². The Balaban J connectivity index is 0.000000209. The maximum atomic E-state index is 6.35. The van der Waals surface area contributed by atoms with Gasteiger partial charge in [-0.1, -0.05) is 80.3 Å². The van der Waals surface area contributed by atoms with Gasteiger partial charge in [0, 0.05) is 31.7 Å². The molecule has 233 valence electrons. The van der Waals surface area contributed by atoms with Crippen LogP contribution in [0.5, 0.6) is 0 Å². The van der Waals surface area contributed by atoms with Crippen LogP contribution < -0.4 is 4.40 Å². The van der Waals surface area contributed by atoms with Gasteiger partial charge in [0.05, 0.1) is 5.58 Å². The smallest absolute Gasteiger partial charge is 0 e. The third-order valence-corrected chi connectivity index (χ3v) is 12.3. The van der Waals surface area contributed by atoms with Gasteiger partial charge in [0.15, 0.2) is 0 Å². The number of furan rings is 1. The van der Waals surface area contributed by atoms with Crippen molar-refractivity contribution in [1.82, 2.24) is 9.97 Å². The number of hydrogen-bond donors (Lipinski definition) is 0. The van der Waals surface area contributed by atoms with Crippen molar-refractivity contribution < 1.29 is 24.5 Å². The molecule has 0 saturated carbocycles. The monoisotopic (exact) mass is 841 g/mol. The first-order chi connectivity index (χ1) is 21.6. The van der Waals surface area contributed by atoms with Gasteiger partial charge in [0.1, 0.15) is 5.58 Å². The Morgan fingerprint density at radius 2 is 1.50 bits per heavy atom. The van der Waals surface area contributed by atoms with E-state index >= 15 is 0 Å². The number of fused-ring (bicyclic) bond motifs is 3. The molecule has 3 aromatic heterocycles. The molecule has 0 saturated heterocycles. The van der Waals surface area contributed by atoms with E-state index in [2.05, 4.69) is 127 Å². The number of nitrogens with zero attached hydrogens (tertiary/aromatic N) is 2. The molecule has 0 spiro atoms. The van der Waals surface area contributed by atoms with Crippen LogP contribution in [0.15, 0.2) is 126 Å². The van der Waals surface area contributed by atoms with E-state index in [-0.39, 0.29) is 25.5 Å². The van der Waals surface area contributed by atoms with Crippen molar-refractivity contribution >= 4 is 39.6 Å². The van der Waals surface area contributed by atoms with Crippen molar-refractivity contribution in [3.05, 3.63) is 139 Å². The maximum Gasteiger partial charge on any atom is 0 e. The minimum atomic E-state index is -1.72. The summed E-state index contributed by atoms with van der Waals surface area (Å²) in [6, 6.07) is 43.8. The van der Waals surface area contributed by atoms with Crippen LogP contribution >= 0.6 is 0 Å². The predicted octanol–water partition coefficient (Wildman–Crippen LogP) is 10.5. The van der Waals surface area contributed by atoms with E-state index in [9.17, 15) is 0 Å². The summed E-state index contributed by atoms with van der Waals surface area (Å²) in [5.41, 5.74) is 9.25. The fourth-order valence-electron chi connectivity index (χ4n) is 5.42. The Kier molecular flexibility index (Phi) is 10.1. The number of aromatic nitrogens is 2. The van der Waals surface area contributed by atoms with E-state index in [0.29, 0.717) is 0 Å². The molecule has 0 amide bonds. The molecule has 5 heteroatoms. The first-order valence-electron chi connectivity index (χ1n) is 15.4. The van der Waals surface area contributed by atoms with Crippen LogP contribution in [-0.2, 0) is 25.5 Å². The Morgan fingerprint density at radius 1 is 0.717 bits per heavy atom. The second-order valence-corrected chi connectivity index (χ2v) is 24.0. The number of benzene rings is 4. The summed E-state index contributed by atoms with van der Waals surface area (Å²) in [4.78, 5) is 9.16. The normalized spacial score (nSPS) is 11.5. The summed E-state index contributed by atoms with van der Waals surface area (Å²) >= 11 is -1.72. The first kappa shape index (κ1) is 33.5. The Hall–Kier alpha value is -3.83. The van der Waals surface area contributed by atoms with E-state index in [4.69, 9.17) is 4.42 Å². The van der Waals surface area contributed by atoms with Crippen LogP contribution in [0.3, 0.4) is 0 Å². The second-order valence-electron chi connectivity index (χ2n) is 13.4. The van der Waals surface area contributed by atoms with Crippen LogP contribution in [-0.4, -0.2) is 23.2 Å². The van der Waals surface area contributed by atoms with Crippen LogP contribution in [0.4, 0.5) is 0 Å². The molecule has 0 N–H and O–H groups in total. The van der Waals surface area contributed by atoms with Gasteiger partial charge in [-0.15, -0.1) is 18.2 Å². The molecule has 3 heterocycles. The summed E-state index contributed by atoms with van der Waals surface area (Å²) in [6.45, 7) is 6.64. The van der Waals surface area contributed by atoms with Gasteiger partial charge < -0.3 is 9.40 Å². The van der Waals surface area contributed by atoms with Crippen molar-refractivity contribution in [2.24, 2.45) is 0 Å². The minimum absolute atomic E-state index is 0. The molecule has 0 aliphatic rings. The summed E-state index contributed by atoms with van der Waals surface area (Å²) in [7, 11) is 0. The Bertz CT molecular complexity index is 2060. The largest absolute Gasteiger partial charge is 0 e. The molecule has 1 radical (unpaired) electrons. The zero-order chi connectivity index (χ0) is 31.6. The number of pyridine rings is 2. The van der Waals surface area contributed by atoms with E-state index in [0.717, 1.165) is 44.5 Å². The molecule has 0 bridgehead atoms. The topological polar surface area (TPSA) is 38.9 Å². The molecule has 0 aliphatic heterocycles. The molecule has 7 rings (SSSR count). The van der Waals surface area contributed by atoms with Crippen LogP contribution in [0, 0.1) is 12.1 Å². The van der Waals surface area contributed by atoms with Crippen molar-refractivity contribution in [1.29, 1.82) is 0 Å². The molecule has 7 aromatic rings. The van der Waals surface area contributed by atoms with Crippen molar-refractivity contribution in [3.8, 4) is 33.6 Å². The molecule has 0 fully saturated rings. The molecule has 0 unspecified atom stereocenters. The average Bonchev–Trinajstić information content (AvgIpc) is 3.44. The van der Waals surface area contributed by atoms with Crippen LogP contribution in [0.2, 0.25) is 17.3 Å². The predicted molar refractivity (Wildman–Crippen MR) is 191 cm³/mol. The van der Waals surface area contributed by atoms with Gasteiger partial charge in [-0.25, -0.2) is 0 Å². The van der Waals surface area contributed by atoms with Gasteiger partial charge in [-0.3, -0.25) is 0 Å². The molecular formula is C41H38GeIrN2O-2. The first-order valence-corrected chi connectivity index (χ1v) is 22.8. The van der Waals surface area contributed by atoms with Crippen LogP contribution in [0.25, 0.3) is 55.6 Å². The molecule has 3 nitrogen and oxygen atoms in total. The van der Waals surface area contributed by atoms with E-state index < -0.39 is 13.3 Å². The third kappa shape index (κ3) is 7.26. The quantitative estimate of drug-likeness (QED) is 0.131. The standard InChI is InChI=1S/C27H22NO.C14H16GeN.Ir/c1-27(2,3)19-15-16-28-23(17-19)21-12-7-13-22-25-20(18-9-5-4-6-10-18)11-8-14-24(25)29-26(21)22;1-15(2,3)13-9-10-14(16-11-13)12-7-5-4-6-8-12;/h4-11,13-17H,1-3H3;4-7,9-11H,1-3H3;/q2*-1;. The van der Waals surface area contributed by atoms with Gasteiger partial charge in [0.25, 0.3) is 0 Å². The van der Waals surface area contributed by atoms with Crippen molar-refractivity contribution in [2.75, 3.05) is 0 Å². The number of rotatable bonds is 4. The van der Waals surface area contributed by atoms with Gasteiger partial charge >= 0.3 is 99.8 Å². The zero-order valence-corrected chi connectivity index (χ0v) is 31.7. The fourth-order valence-corrected chi connectivity index (χ4v) is 7.59. The van der Waals surface area contributed by atoms with Gasteiger partial charge in [-0.2, -0.15) is 0 Å². The second kappa shape index (κ2) is 13.9. The Labute approximate surface area is 288 Å². The summed E-state index contributed by atoms with van der Waals surface area (Å²) < 4.78 is 7.80.